The van der Waals surface area contributed by atoms with Crippen molar-refractivity contribution in [1.82, 2.24) is 14.5 Å². The number of aromatic nitrogens is 2. The Morgan fingerprint density at radius 2 is 1.79 bits per heavy atom. The average Bonchev–Trinajstić information content (AvgIpc) is 3.13. The van der Waals surface area contributed by atoms with Crippen LogP contribution in [0.15, 0.2) is 18.2 Å². The second-order valence-corrected chi connectivity index (χ2v) is 10.8. The summed E-state index contributed by atoms with van der Waals surface area (Å²) >= 11 is 0. The highest BCUT2D eigenvalue weighted by atomic mass is 19.3. The smallest absolute Gasteiger partial charge is 0.253 e. The summed E-state index contributed by atoms with van der Waals surface area (Å²) in [6, 6.07) is 5.56. The Balaban J connectivity index is 1.57. The summed E-state index contributed by atoms with van der Waals surface area (Å²) < 4.78 is 29.4. The minimum absolute atomic E-state index is 0.0577. The quantitative estimate of drug-likeness (QED) is 0.662. The van der Waals surface area contributed by atoms with Gasteiger partial charge in [0.15, 0.2) is 6.29 Å². The molecule has 0 radical (unpaired) electrons. The number of carbonyl (C=O) groups is 1. The molecule has 1 aromatic heterocycles. The molecule has 2 aromatic rings. The molecule has 1 aliphatic heterocycles. The second-order valence-electron chi connectivity index (χ2n) is 10.8. The van der Waals surface area contributed by atoms with Gasteiger partial charge in [0.05, 0.1) is 11.0 Å². The summed E-state index contributed by atoms with van der Waals surface area (Å²) in [6.07, 6.45) is 0.685. The molecule has 2 heterocycles. The summed E-state index contributed by atoms with van der Waals surface area (Å²) in [5, 5.41) is 18.8. The molecule has 1 saturated carbocycles. The van der Waals surface area contributed by atoms with E-state index in [0.717, 1.165) is 16.9 Å². The third-order valence-electron chi connectivity index (χ3n) is 7.19. The lowest BCUT2D eigenvalue weighted by atomic mass is 9.86. The van der Waals surface area contributed by atoms with Gasteiger partial charge in [-0.05, 0) is 49.8 Å². The zero-order valence-electron chi connectivity index (χ0n) is 19.7. The number of alkyl halides is 2. The highest BCUT2D eigenvalue weighted by Crippen LogP contribution is 2.38. The van der Waals surface area contributed by atoms with Crippen LogP contribution >= 0.6 is 0 Å². The fraction of sp³-hybridized carbons (Fsp3) is 0.680. The van der Waals surface area contributed by atoms with Crippen molar-refractivity contribution >= 4 is 16.9 Å². The van der Waals surface area contributed by atoms with Crippen LogP contribution in [0, 0.1) is 11.8 Å². The molecule has 4 rings (SSSR count). The first-order valence-corrected chi connectivity index (χ1v) is 12.0. The van der Waals surface area contributed by atoms with Gasteiger partial charge in [0.25, 0.3) is 5.91 Å². The number of piperidine rings is 1. The van der Waals surface area contributed by atoms with Gasteiger partial charge in [0, 0.05) is 49.4 Å². The number of likely N-dealkylation sites (tertiary alicyclic amines) is 1. The van der Waals surface area contributed by atoms with Crippen LogP contribution in [-0.4, -0.2) is 55.9 Å². The number of nitrogens with zero attached hydrogens (tertiary/aromatic N) is 3. The second kappa shape index (κ2) is 8.95. The Bertz CT molecular complexity index is 994. The molecular weight excluding hydrogens is 428 g/mol. The van der Waals surface area contributed by atoms with Crippen molar-refractivity contribution in [2.45, 2.75) is 83.5 Å². The molecule has 8 heteroatoms. The largest absolute Gasteiger partial charge is 0.368 e. The van der Waals surface area contributed by atoms with Crippen LogP contribution in [0.5, 0.6) is 0 Å². The Hall–Kier alpha value is -2.06. The van der Waals surface area contributed by atoms with E-state index in [1.54, 1.807) is 4.90 Å². The number of aliphatic hydroxyl groups excluding tert-OH is 1. The SMILES string of the molecule is CC(C)(C)c1nc2cc(C(=O)N3CCC(C(O)O)CC3)ccc2n1CC1CCC(F)(F)CC1. The van der Waals surface area contributed by atoms with E-state index in [1.807, 2.05) is 18.2 Å². The van der Waals surface area contributed by atoms with Crippen molar-refractivity contribution in [3.63, 3.8) is 0 Å². The Labute approximate surface area is 193 Å². The van der Waals surface area contributed by atoms with Crippen molar-refractivity contribution in [2.24, 2.45) is 11.8 Å². The van der Waals surface area contributed by atoms with Crippen LogP contribution in [0.2, 0.25) is 0 Å². The maximum Gasteiger partial charge on any atom is 0.253 e. The predicted octanol–water partition coefficient (Wildman–Crippen LogP) is 4.32. The molecular formula is C25H35F2N3O3. The highest BCUT2D eigenvalue weighted by Gasteiger charge is 2.36. The normalized spacial score (nSPS) is 20.7. The molecule has 1 aromatic carbocycles. The summed E-state index contributed by atoms with van der Waals surface area (Å²) in [4.78, 5) is 19.7. The molecule has 0 bridgehead atoms. The van der Waals surface area contributed by atoms with Crippen LogP contribution in [0.3, 0.4) is 0 Å². The summed E-state index contributed by atoms with van der Waals surface area (Å²) in [5.74, 6) is -1.73. The molecule has 2 aliphatic rings. The Morgan fingerprint density at radius 1 is 1.15 bits per heavy atom. The number of fused-ring (bicyclic) bond motifs is 1. The van der Waals surface area contributed by atoms with Crippen molar-refractivity contribution in [2.75, 3.05) is 13.1 Å². The van der Waals surface area contributed by atoms with Gasteiger partial charge in [-0.3, -0.25) is 4.79 Å². The number of amides is 1. The maximum atomic E-state index is 13.6. The minimum atomic E-state index is -2.54. The first-order valence-electron chi connectivity index (χ1n) is 12.0. The van der Waals surface area contributed by atoms with E-state index in [4.69, 9.17) is 4.98 Å². The molecule has 33 heavy (non-hydrogen) atoms. The van der Waals surface area contributed by atoms with Crippen LogP contribution in [-0.2, 0) is 12.0 Å². The van der Waals surface area contributed by atoms with Crippen molar-refractivity contribution in [1.29, 1.82) is 0 Å². The Morgan fingerprint density at radius 3 is 2.36 bits per heavy atom. The molecule has 1 amide bonds. The monoisotopic (exact) mass is 463 g/mol. The third-order valence-corrected chi connectivity index (χ3v) is 7.19. The van der Waals surface area contributed by atoms with Crippen molar-refractivity contribution in [3.8, 4) is 0 Å². The first-order chi connectivity index (χ1) is 15.4. The van der Waals surface area contributed by atoms with Gasteiger partial charge in [0.1, 0.15) is 5.82 Å². The lowest BCUT2D eigenvalue weighted by molar-refractivity contribution is -0.0963. The zero-order chi connectivity index (χ0) is 24.0. The summed E-state index contributed by atoms with van der Waals surface area (Å²) in [5.41, 5.74) is 2.01. The van der Waals surface area contributed by atoms with E-state index in [2.05, 4.69) is 25.3 Å². The number of halogens is 2. The fourth-order valence-electron chi connectivity index (χ4n) is 5.14. The topological polar surface area (TPSA) is 78.6 Å². The molecule has 0 atom stereocenters. The molecule has 182 valence electrons. The predicted molar refractivity (Wildman–Crippen MR) is 122 cm³/mol. The molecule has 1 aliphatic carbocycles. The molecule has 2 N–H and O–H groups in total. The molecule has 0 unspecified atom stereocenters. The number of hydrogen-bond donors (Lipinski definition) is 2. The average molecular weight is 464 g/mol. The van der Waals surface area contributed by atoms with E-state index in [0.29, 0.717) is 50.9 Å². The summed E-state index contributed by atoms with van der Waals surface area (Å²) in [7, 11) is 0. The fourth-order valence-corrected chi connectivity index (χ4v) is 5.14. The molecule has 1 saturated heterocycles. The number of imidazole rings is 1. The van der Waals surface area contributed by atoms with Gasteiger partial charge in [-0.25, -0.2) is 13.8 Å². The van der Waals surface area contributed by atoms with E-state index in [-0.39, 0.29) is 36.0 Å². The van der Waals surface area contributed by atoms with Crippen LogP contribution in [0.4, 0.5) is 8.78 Å². The molecule has 0 spiro atoms. The van der Waals surface area contributed by atoms with Crippen LogP contribution in [0.25, 0.3) is 11.0 Å². The lowest BCUT2D eigenvalue weighted by Crippen LogP contribution is -2.41. The lowest BCUT2D eigenvalue weighted by Gasteiger charge is -2.32. The van der Waals surface area contributed by atoms with Crippen LogP contribution < -0.4 is 0 Å². The van der Waals surface area contributed by atoms with Gasteiger partial charge < -0.3 is 19.7 Å². The number of rotatable bonds is 4. The van der Waals surface area contributed by atoms with Crippen molar-refractivity contribution in [3.05, 3.63) is 29.6 Å². The highest BCUT2D eigenvalue weighted by molar-refractivity contribution is 5.97. The minimum Gasteiger partial charge on any atom is -0.368 e. The zero-order valence-corrected chi connectivity index (χ0v) is 19.7. The Kier molecular flexibility index (Phi) is 6.53. The van der Waals surface area contributed by atoms with Gasteiger partial charge in [-0.1, -0.05) is 20.8 Å². The van der Waals surface area contributed by atoms with Gasteiger partial charge in [-0.15, -0.1) is 0 Å². The molecule has 6 nitrogen and oxygen atoms in total. The number of hydrogen-bond acceptors (Lipinski definition) is 4. The van der Waals surface area contributed by atoms with Gasteiger partial charge in [0.2, 0.25) is 5.92 Å². The van der Waals surface area contributed by atoms with Gasteiger partial charge >= 0.3 is 0 Å². The standard InChI is InChI=1S/C25H35F2N3O3/c1-24(2,3)23-28-19-14-18(21(31)29-12-8-17(9-13-29)22(32)33)4-5-20(19)30(23)15-16-6-10-25(26,27)11-7-16/h4-5,14,16-17,22,32-33H,6-13,15H2,1-3H3. The first kappa shape index (κ1) is 24.1. The van der Waals surface area contributed by atoms with Gasteiger partial charge in [-0.2, -0.15) is 0 Å². The third kappa shape index (κ3) is 5.22. The molecule has 2 fully saturated rings. The van der Waals surface area contributed by atoms with E-state index >= 15 is 0 Å². The number of benzene rings is 1. The van der Waals surface area contributed by atoms with Crippen molar-refractivity contribution < 1.29 is 23.8 Å². The van der Waals surface area contributed by atoms with E-state index < -0.39 is 12.2 Å². The van der Waals surface area contributed by atoms with E-state index in [9.17, 15) is 23.8 Å². The summed E-state index contributed by atoms with van der Waals surface area (Å²) in [6.45, 7) is 7.91. The maximum absolute atomic E-state index is 13.6. The number of aliphatic hydroxyl groups is 2. The van der Waals surface area contributed by atoms with Crippen LogP contribution in [0.1, 0.15) is 75.5 Å². The number of carbonyl (C=O) groups excluding carboxylic acids is 1. The van der Waals surface area contributed by atoms with E-state index in [1.165, 1.54) is 0 Å².